The molecular weight excluding hydrogens is 324 g/mol. The van der Waals surface area contributed by atoms with Crippen LogP contribution >= 0.6 is 15.9 Å². The zero-order chi connectivity index (χ0) is 13.3. The van der Waals surface area contributed by atoms with E-state index in [9.17, 15) is 13.2 Å². The van der Waals surface area contributed by atoms with Gasteiger partial charge in [0.1, 0.15) is 10.7 Å². The number of nitrogens with zero attached hydrogens (tertiary/aromatic N) is 2. The normalized spacial score (nSPS) is 17.5. The van der Waals surface area contributed by atoms with Gasteiger partial charge in [-0.1, -0.05) is 0 Å². The number of nitrogens with two attached hydrogens (primary N) is 1. The van der Waals surface area contributed by atoms with Gasteiger partial charge in [-0.2, -0.15) is 4.31 Å². The van der Waals surface area contributed by atoms with Gasteiger partial charge in [0.05, 0.1) is 6.54 Å². The number of rotatable bonds is 2. The number of carbonyl (C=O) groups is 1. The third kappa shape index (κ3) is 2.47. The maximum atomic E-state index is 12.3. The van der Waals surface area contributed by atoms with Crippen molar-refractivity contribution in [3.63, 3.8) is 0 Å². The van der Waals surface area contributed by atoms with Gasteiger partial charge in [-0.3, -0.25) is 4.79 Å². The third-order valence-electron chi connectivity index (χ3n) is 2.47. The maximum absolute atomic E-state index is 12.3. The molecule has 1 saturated heterocycles. The number of nitrogens with one attached hydrogen (secondary N) is 1. The predicted molar refractivity (Wildman–Crippen MR) is 68.1 cm³/mol. The van der Waals surface area contributed by atoms with Crippen LogP contribution in [0.15, 0.2) is 21.6 Å². The molecule has 1 amide bonds. The van der Waals surface area contributed by atoms with Crippen molar-refractivity contribution < 1.29 is 13.2 Å². The van der Waals surface area contributed by atoms with Crippen LogP contribution in [-0.2, 0) is 14.8 Å². The Morgan fingerprint density at radius 2 is 2.22 bits per heavy atom. The Kier molecular flexibility index (Phi) is 3.55. The second-order valence-electron chi connectivity index (χ2n) is 3.73. The number of halogens is 1. The molecule has 0 aromatic carbocycles. The molecule has 1 aromatic heterocycles. The van der Waals surface area contributed by atoms with Gasteiger partial charge in [0, 0.05) is 23.8 Å². The fourth-order valence-electron chi connectivity index (χ4n) is 1.60. The SMILES string of the molecule is Nc1ncc(Br)cc1S(=O)(=O)N1CCNC(=O)C1. The van der Waals surface area contributed by atoms with Crippen molar-refractivity contribution in [2.75, 3.05) is 25.4 Å². The van der Waals surface area contributed by atoms with Crippen molar-refractivity contribution >= 4 is 37.7 Å². The highest BCUT2D eigenvalue weighted by Crippen LogP contribution is 2.24. The summed E-state index contributed by atoms with van der Waals surface area (Å²) in [5, 5.41) is 2.56. The first-order chi connectivity index (χ1) is 8.41. The Morgan fingerprint density at radius 3 is 2.89 bits per heavy atom. The summed E-state index contributed by atoms with van der Waals surface area (Å²) in [6.45, 7) is 0.313. The molecule has 0 spiro atoms. The Labute approximate surface area is 113 Å². The minimum Gasteiger partial charge on any atom is -0.383 e. The number of sulfonamides is 1. The zero-order valence-electron chi connectivity index (χ0n) is 9.26. The van der Waals surface area contributed by atoms with E-state index in [1.165, 1.54) is 12.3 Å². The predicted octanol–water partition coefficient (Wildman–Crippen LogP) is -0.453. The van der Waals surface area contributed by atoms with E-state index in [1.807, 2.05) is 0 Å². The van der Waals surface area contributed by atoms with Gasteiger partial charge < -0.3 is 11.1 Å². The van der Waals surface area contributed by atoms with Crippen LogP contribution in [0, 0.1) is 0 Å². The third-order valence-corrected chi connectivity index (χ3v) is 4.78. The number of carbonyl (C=O) groups excluding carboxylic acids is 1. The van der Waals surface area contributed by atoms with E-state index >= 15 is 0 Å². The van der Waals surface area contributed by atoms with Crippen LogP contribution in [0.1, 0.15) is 0 Å². The van der Waals surface area contributed by atoms with Crippen LogP contribution in [-0.4, -0.2) is 43.2 Å². The first kappa shape index (κ1) is 13.2. The number of anilines is 1. The van der Waals surface area contributed by atoms with Gasteiger partial charge in [0.2, 0.25) is 15.9 Å². The van der Waals surface area contributed by atoms with Crippen molar-refractivity contribution in [3.8, 4) is 0 Å². The van der Waals surface area contributed by atoms with E-state index < -0.39 is 10.0 Å². The van der Waals surface area contributed by atoms with Gasteiger partial charge in [-0.15, -0.1) is 0 Å². The van der Waals surface area contributed by atoms with Crippen LogP contribution < -0.4 is 11.1 Å². The van der Waals surface area contributed by atoms with Crippen molar-refractivity contribution in [1.82, 2.24) is 14.6 Å². The average molecular weight is 335 g/mol. The summed E-state index contributed by atoms with van der Waals surface area (Å²) in [6.07, 6.45) is 1.41. The Balaban J connectivity index is 2.41. The summed E-state index contributed by atoms with van der Waals surface area (Å²) in [5.74, 6) is -0.407. The maximum Gasteiger partial charge on any atom is 0.247 e. The second-order valence-corrected chi connectivity index (χ2v) is 6.55. The molecule has 18 heavy (non-hydrogen) atoms. The topological polar surface area (TPSA) is 105 Å². The molecule has 7 nitrogen and oxygen atoms in total. The van der Waals surface area contributed by atoms with Crippen molar-refractivity contribution in [2.45, 2.75) is 4.90 Å². The van der Waals surface area contributed by atoms with Crippen LogP contribution in [0.5, 0.6) is 0 Å². The summed E-state index contributed by atoms with van der Waals surface area (Å²) in [4.78, 5) is 14.9. The first-order valence-electron chi connectivity index (χ1n) is 5.09. The number of nitrogen functional groups attached to an aromatic ring is 1. The van der Waals surface area contributed by atoms with E-state index in [-0.39, 0.29) is 29.7 Å². The summed E-state index contributed by atoms with van der Waals surface area (Å²) < 4.78 is 26.2. The lowest BCUT2D eigenvalue weighted by molar-refractivity contribution is -0.122. The fraction of sp³-hybridized carbons (Fsp3) is 0.333. The standard InChI is InChI=1S/C9H11BrN4O3S/c10-6-3-7(9(11)13-4-6)18(16,17)14-2-1-12-8(15)5-14/h3-4H,1-2,5H2,(H2,11,13)(H,12,15). The molecule has 1 aliphatic rings. The molecule has 3 N–H and O–H groups in total. The lowest BCUT2D eigenvalue weighted by Crippen LogP contribution is -2.49. The summed E-state index contributed by atoms with van der Waals surface area (Å²) >= 11 is 3.14. The molecule has 98 valence electrons. The Bertz CT molecular complexity index is 589. The number of amides is 1. The zero-order valence-corrected chi connectivity index (χ0v) is 11.7. The second kappa shape index (κ2) is 4.82. The number of pyridine rings is 1. The summed E-state index contributed by atoms with van der Waals surface area (Å²) in [7, 11) is -3.79. The van der Waals surface area contributed by atoms with E-state index in [4.69, 9.17) is 5.73 Å². The summed E-state index contributed by atoms with van der Waals surface area (Å²) in [6, 6.07) is 1.38. The highest BCUT2D eigenvalue weighted by Gasteiger charge is 2.31. The number of piperazine rings is 1. The Hall–Kier alpha value is -1.19. The molecule has 2 rings (SSSR count). The molecule has 1 aliphatic heterocycles. The molecule has 1 aromatic rings. The van der Waals surface area contributed by atoms with Crippen LogP contribution in [0.25, 0.3) is 0 Å². The monoisotopic (exact) mass is 334 g/mol. The van der Waals surface area contributed by atoms with Gasteiger partial charge in [-0.05, 0) is 22.0 Å². The van der Waals surface area contributed by atoms with E-state index in [0.29, 0.717) is 11.0 Å². The molecule has 0 radical (unpaired) electrons. The minimum absolute atomic E-state index is 0.0795. The molecule has 0 unspecified atom stereocenters. The lowest BCUT2D eigenvalue weighted by atomic mass is 10.4. The Morgan fingerprint density at radius 1 is 1.50 bits per heavy atom. The van der Waals surface area contributed by atoms with Crippen molar-refractivity contribution in [2.24, 2.45) is 0 Å². The minimum atomic E-state index is -3.79. The number of hydrogen-bond donors (Lipinski definition) is 2. The van der Waals surface area contributed by atoms with Gasteiger partial charge in [0.15, 0.2) is 0 Å². The van der Waals surface area contributed by atoms with Crippen molar-refractivity contribution in [1.29, 1.82) is 0 Å². The lowest BCUT2D eigenvalue weighted by Gasteiger charge is -2.26. The molecule has 1 fully saturated rings. The molecule has 0 atom stereocenters. The fourth-order valence-corrected chi connectivity index (χ4v) is 3.57. The van der Waals surface area contributed by atoms with Gasteiger partial charge >= 0.3 is 0 Å². The molecule has 0 bridgehead atoms. The first-order valence-corrected chi connectivity index (χ1v) is 7.32. The largest absolute Gasteiger partial charge is 0.383 e. The van der Waals surface area contributed by atoms with Crippen molar-refractivity contribution in [3.05, 3.63) is 16.7 Å². The highest BCUT2D eigenvalue weighted by molar-refractivity contribution is 9.10. The highest BCUT2D eigenvalue weighted by atomic mass is 79.9. The average Bonchev–Trinajstić information content (AvgIpc) is 2.32. The molecule has 0 saturated carbocycles. The van der Waals surface area contributed by atoms with E-state index in [0.717, 1.165) is 4.31 Å². The molecule has 0 aliphatic carbocycles. The summed E-state index contributed by atoms with van der Waals surface area (Å²) in [5.41, 5.74) is 5.58. The van der Waals surface area contributed by atoms with E-state index in [2.05, 4.69) is 26.2 Å². The molecule has 2 heterocycles. The molecule has 9 heteroatoms. The van der Waals surface area contributed by atoms with Gasteiger partial charge in [0.25, 0.3) is 0 Å². The van der Waals surface area contributed by atoms with Gasteiger partial charge in [-0.25, -0.2) is 13.4 Å². The number of aromatic nitrogens is 1. The smallest absolute Gasteiger partial charge is 0.247 e. The quantitative estimate of drug-likeness (QED) is 0.761. The van der Waals surface area contributed by atoms with Crippen LogP contribution in [0.4, 0.5) is 5.82 Å². The van der Waals surface area contributed by atoms with E-state index in [1.54, 1.807) is 0 Å². The number of hydrogen-bond acceptors (Lipinski definition) is 5. The van der Waals surface area contributed by atoms with Crippen LogP contribution in [0.3, 0.4) is 0 Å². The molecular formula is C9H11BrN4O3S. The van der Waals surface area contributed by atoms with Crippen LogP contribution in [0.2, 0.25) is 0 Å².